The predicted octanol–water partition coefficient (Wildman–Crippen LogP) is 4.25. The van der Waals surface area contributed by atoms with Crippen molar-refractivity contribution in [3.63, 3.8) is 0 Å². The maximum Gasteiger partial charge on any atom is 0.416 e. The Morgan fingerprint density at radius 2 is 1.69 bits per heavy atom. The maximum absolute atomic E-state index is 12.6. The predicted molar refractivity (Wildman–Crippen MR) is 87.1 cm³/mol. The van der Waals surface area contributed by atoms with E-state index >= 15 is 0 Å². The summed E-state index contributed by atoms with van der Waals surface area (Å²) >= 11 is 0. The normalized spacial score (nSPS) is 12.6. The molecular weight excluding hydrogens is 347 g/mol. The molecule has 3 rings (SSSR count). The van der Waals surface area contributed by atoms with Crippen molar-refractivity contribution in [2.45, 2.75) is 19.1 Å². The maximum atomic E-state index is 12.6. The lowest BCUT2D eigenvalue weighted by molar-refractivity contribution is -0.137. The molecule has 0 fully saturated rings. The Balaban J connectivity index is 1.72. The number of hydrogen-bond donors (Lipinski definition) is 1. The lowest BCUT2D eigenvalue weighted by atomic mass is 10.1. The minimum Gasteiger partial charge on any atom is -0.412 e. The zero-order valence-corrected chi connectivity index (χ0v) is 13.6. The minimum absolute atomic E-state index is 0.0313. The van der Waals surface area contributed by atoms with Crippen LogP contribution in [0.4, 0.5) is 13.2 Å². The second kappa shape index (κ2) is 6.99. The summed E-state index contributed by atoms with van der Waals surface area (Å²) in [6.07, 6.45) is -4.42. The molecule has 0 aliphatic heterocycles. The van der Waals surface area contributed by atoms with Crippen molar-refractivity contribution in [1.82, 2.24) is 15.5 Å². The van der Waals surface area contributed by atoms with Crippen LogP contribution in [0.3, 0.4) is 0 Å². The van der Waals surface area contributed by atoms with Gasteiger partial charge in [0, 0.05) is 5.56 Å². The van der Waals surface area contributed by atoms with Crippen LogP contribution in [0.1, 0.15) is 34.8 Å². The van der Waals surface area contributed by atoms with Gasteiger partial charge < -0.3 is 9.73 Å². The molecule has 0 unspecified atom stereocenters. The van der Waals surface area contributed by atoms with Crippen LogP contribution in [0.25, 0.3) is 11.5 Å². The van der Waals surface area contributed by atoms with Crippen molar-refractivity contribution in [2.24, 2.45) is 0 Å². The molecule has 8 heteroatoms. The number of halogens is 3. The lowest BCUT2D eigenvalue weighted by Gasteiger charge is -2.12. The van der Waals surface area contributed by atoms with E-state index in [1.807, 2.05) is 30.3 Å². The van der Waals surface area contributed by atoms with Crippen molar-refractivity contribution in [1.29, 1.82) is 0 Å². The van der Waals surface area contributed by atoms with Crippen molar-refractivity contribution in [3.05, 3.63) is 71.6 Å². The fraction of sp³-hybridized carbons (Fsp3) is 0.167. The molecule has 0 radical (unpaired) electrons. The van der Waals surface area contributed by atoms with Crippen molar-refractivity contribution < 1.29 is 22.4 Å². The molecule has 1 N–H and O–H groups in total. The van der Waals surface area contributed by atoms with Crippen LogP contribution in [0.5, 0.6) is 0 Å². The fourth-order valence-corrected chi connectivity index (χ4v) is 2.32. The van der Waals surface area contributed by atoms with E-state index in [4.69, 9.17) is 4.42 Å². The molecule has 0 aliphatic carbocycles. The number of alkyl halides is 3. The molecule has 0 aliphatic rings. The fourth-order valence-electron chi connectivity index (χ4n) is 2.32. The van der Waals surface area contributed by atoms with Crippen LogP contribution in [-0.2, 0) is 6.18 Å². The van der Waals surface area contributed by atoms with E-state index < -0.39 is 17.6 Å². The number of carbonyl (C=O) groups excluding carboxylic acids is 1. The topological polar surface area (TPSA) is 68.0 Å². The van der Waals surface area contributed by atoms with Crippen LogP contribution in [0.2, 0.25) is 0 Å². The Morgan fingerprint density at radius 1 is 1.04 bits per heavy atom. The van der Waals surface area contributed by atoms with E-state index in [0.29, 0.717) is 5.56 Å². The zero-order chi connectivity index (χ0) is 18.7. The number of carbonyl (C=O) groups is 1. The van der Waals surface area contributed by atoms with Gasteiger partial charge in [0.1, 0.15) is 0 Å². The van der Waals surface area contributed by atoms with Gasteiger partial charge in [-0.3, -0.25) is 4.79 Å². The molecule has 0 spiro atoms. The lowest BCUT2D eigenvalue weighted by Crippen LogP contribution is -2.26. The smallest absolute Gasteiger partial charge is 0.412 e. The van der Waals surface area contributed by atoms with Crippen LogP contribution in [0, 0.1) is 0 Å². The van der Waals surface area contributed by atoms with E-state index in [1.165, 1.54) is 12.1 Å². The van der Waals surface area contributed by atoms with Crippen LogP contribution in [-0.4, -0.2) is 16.1 Å². The molecule has 1 aromatic heterocycles. The van der Waals surface area contributed by atoms with E-state index in [0.717, 1.165) is 17.7 Å². The molecule has 2 aromatic carbocycles. The van der Waals surface area contributed by atoms with Crippen molar-refractivity contribution in [3.8, 4) is 11.5 Å². The summed E-state index contributed by atoms with van der Waals surface area (Å²) in [5, 5.41) is 10.1. The summed E-state index contributed by atoms with van der Waals surface area (Å²) < 4.78 is 43.0. The Hall–Kier alpha value is -3.16. The van der Waals surface area contributed by atoms with E-state index in [-0.39, 0.29) is 17.8 Å². The highest BCUT2D eigenvalue weighted by molar-refractivity contribution is 5.90. The number of amides is 1. The first-order chi connectivity index (χ1) is 12.3. The molecule has 1 amide bonds. The van der Waals surface area contributed by atoms with Gasteiger partial charge in [-0.1, -0.05) is 30.3 Å². The third kappa shape index (κ3) is 3.90. The van der Waals surface area contributed by atoms with Gasteiger partial charge in [0.2, 0.25) is 5.89 Å². The number of aromatic nitrogens is 2. The van der Waals surface area contributed by atoms with Gasteiger partial charge in [-0.25, -0.2) is 0 Å². The summed E-state index contributed by atoms with van der Waals surface area (Å²) in [5.41, 5.74) is 0.416. The quantitative estimate of drug-likeness (QED) is 0.754. The summed E-state index contributed by atoms with van der Waals surface area (Å²) in [6.45, 7) is 1.81. The van der Waals surface area contributed by atoms with E-state index in [1.54, 1.807) is 6.92 Å². The average molecular weight is 361 g/mol. The molecule has 1 heterocycles. The Labute approximate surface area is 146 Å². The molecule has 3 aromatic rings. The van der Waals surface area contributed by atoms with Gasteiger partial charge in [0.05, 0.1) is 11.6 Å². The summed E-state index contributed by atoms with van der Waals surface area (Å²) in [4.78, 5) is 12.2. The summed E-state index contributed by atoms with van der Waals surface area (Å²) in [7, 11) is 0. The van der Waals surface area contributed by atoms with Crippen molar-refractivity contribution >= 4 is 5.91 Å². The average Bonchev–Trinajstić information content (AvgIpc) is 3.12. The highest BCUT2D eigenvalue weighted by Gasteiger charge is 2.30. The number of nitrogens with one attached hydrogen (secondary N) is 1. The summed E-state index contributed by atoms with van der Waals surface area (Å²) in [5.74, 6) is -0.856. The third-order valence-electron chi connectivity index (χ3n) is 3.73. The van der Waals surface area contributed by atoms with Gasteiger partial charge in [-0.15, -0.1) is 10.2 Å². The van der Waals surface area contributed by atoms with Gasteiger partial charge in [-0.2, -0.15) is 13.2 Å². The first-order valence-electron chi connectivity index (χ1n) is 7.71. The molecule has 0 bridgehead atoms. The van der Waals surface area contributed by atoms with E-state index in [2.05, 4.69) is 15.5 Å². The zero-order valence-electron chi connectivity index (χ0n) is 13.6. The molecule has 5 nitrogen and oxygen atoms in total. The van der Waals surface area contributed by atoms with Crippen LogP contribution < -0.4 is 5.32 Å². The standard InChI is InChI=1S/C18H14F3N3O2/c1-11(12-5-3-2-4-6-12)22-15(25)17-24-23-16(26-17)13-7-9-14(10-8-13)18(19,20)21/h2-11H,1H3,(H,22,25)/t11-/m0/s1. The Morgan fingerprint density at radius 3 is 2.31 bits per heavy atom. The van der Waals surface area contributed by atoms with Gasteiger partial charge in [-0.05, 0) is 36.8 Å². The van der Waals surface area contributed by atoms with Crippen molar-refractivity contribution in [2.75, 3.05) is 0 Å². The van der Waals surface area contributed by atoms with E-state index in [9.17, 15) is 18.0 Å². The molecule has 0 saturated carbocycles. The molecule has 134 valence electrons. The highest BCUT2D eigenvalue weighted by atomic mass is 19.4. The summed E-state index contributed by atoms with van der Waals surface area (Å²) in [6, 6.07) is 13.3. The molecule has 1 atom stereocenters. The number of rotatable bonds is 4. The number of hydrogen-bond acceptors (Lipinski definition) is 4. The monoisotopic (exact) mass is 361 g/mol. The first-order valence-corrected chi connectivity index (χ1v) is 7.71. The second-order valence-electron chi connectivity index (χ2n) is 5.59. The van der Waals surface area contributed by atoms with Gasteiger partial charge >= 0.3 is 18.0 Å². The van der Waals surface area contributed by atoms with Gasteiger partial charge in [0.15, 0.2) is 0 Å². The molecule has 26 heavy (non-hydrogen) atoms. The third-order valence-corrected chi connectivity index (χ3v) is 3.73. The number of nitrogens with zero attached hydrogens (tertiary/aromatic N) is 2. The highest BCUT2D eigenvalue weighted by Crippen LogP contribution is 2.30. The van der Waals surface area contributed by atoms with Gasteiger partial charge in [0.25, 0.3) is 0 Å². The van der Waals surface area contributed by atoms with Crippen LogP contribution >= 0.6 is 0 Å². The Bertz CT molecular complexity index is 890. The SMILES string of the molecule is C[C@H](NC(=O)c1nnc(-c2ccc(C(F)(F)F)cc2)o1)c1ccccc1. The minimum atomic E-state index is -4.42. The largest absolute Gasteiger partial charge is 0.416 e. The van der Waals surface area contributed by atoms with Crippen LogP contribution in [0.15, 0.2) is 59.0 Å². The molecular formula is C18H14F3N3O2. The number of benzene rings is 2. The first kappa shape index (κ1) is 17.7. The molecule has 0 saturated heterocycles. The Kier molecular flexibility index (Phi) is 4.75. The second-order valence-corrected chi connectivity index (χ2v) is 5.59.